The van der Waals surface area contributed by atoms with Crippen LogP contribution >= 0.6 is 0 Å². The van der Waals surface area contributed by atoms with Gasteiger partial charge in [-0.15, -0.1) is 0 Å². The minimum Gasteiger partial charge on any atom is -0.329 e. The average Bonchev–Trinajstić information content (AvgIpc) is 3.23. The Balaban J connectivity index is 1.64. The van der Waals surface area contributed by atoms with E-state index in [0.29, 0.717) is 5.69 Å². The fraction of sp³-hybridized carbons (Fsp3) is 0.438. The zero-order valence-electron chi connectivity index (χ0n) is 11.9. The quantitative estimate of drug-likeness (QED) is 0.919. The summed E-state index contributed by atoms with van der Waals surface area (Å²) in [6.07, 6.45) is 6.90. The molecule has 5 nitrogen and oxygen atoms in total. The number of fused-ring (bicyclic) bond motifs is 1. The molecule has 1 fully saturated rings. The molecular formula is C16H18N4O. The third kappa shape index (κ3) is 2.04. The van der Waals surface area contributed by atoms with Gasteiger partial charge in [0, 0.05) is 24.0 Å². The number of carbonyl (C=O) groups excluding carboxylic acids is 1. The van der Waals surface area contributed by atoms with Crippen molar-refractivity contribution in [3.8, 4) is 0 Å². The van der Waals surface area contributed by atoms with Crippen molar-refractivity contribution < 1.29 is 4.79 Å². The van der Waals surface area contributed by atoms with Gasteiger partial charge in [0.1, 0.15) is 0 Å². The summed E-state index contributed by atoms with van der Waals surface area (Å²) >= 11 is 0. The molecule has 0 saturated carbocycles. The summed E-state index contributed by atoms with van der Waals surface area (Å²) in [5, 5.41) is 7.31. The number of amides is 1. The highest BCUT2D eigenvalue weighted by Gasteiger charge is 2.34. The zero-order valence-corrected chi connectivity index (χ0v) is 11.9. The molecule has 108 valence electrons. The number of aromatic nitrogens is 3. The summed E-state index contributed by atoms with van der Waals surface area (Å²) in [7, 11) is 0. The van der Waals surface area contributed by atoms with Gasteiger partial charge in [-0.1, -0.05) is 6.07 Å². The summed E-state index contributed by atoms with van der Waals surface area (Å²) < 4.78 is 0. The van der Waals surface area contributed by atoms with E-state index in [1.807, 2.05) is 23.1 Å². The first-order valence-corrected chi connectivity index (χ1v) is 7.62. The Morgan fingerprint density at radius 1 is 1.29 bits per heavy atom. The highest BCUT2D eigenvalue weighted by Crippen LogP contribution is 2.33. The predicted molar refractivity (Wildman–Crippen MR) is 77.9 cm³/mol. The Kier molecular flexibility index (Phi) is 2.98. The molecule has 0 spiro atoms. The number of nitrogens with zero attached hydrogens (tertiary/aromatic N) is 3. The first kappa shape index (κ1) is 12.6. The third-order valence-electron chi connectivity index (χ3n) is 4.55. The molecule has 1 amide bonds. The van der Waals surface area contributed by atoms with E-state index in [9.17, 15) is 4.79 Å². The van der Waals surface area contributed by atoms with Crippen molar-refractivity contribution in [3.05, 3.63) is 47.0 Å². The van der Waals surface area contributed by atoms with Crippen LogP contribution in [0.2, 0.25) is 0 Å². The molecule has 0 unspecified atom stereocenters. The predicted octanol–water partition coefficient (Wildman–Crippen LogP) is 2.27. The average molecular weight is 282 g/mol. The first-order valence-electron chi connectivity index (χ1n) is 7.62. The van der Waals surface area contributed by atoms with Gasteiger partial charge in [0.05, 0.1) is 11.7 Å². The molecular weight excluding hydrogens is 264 g/mol. The number of rotatable bonds is 2. The molecule has 1 N–H and O–H groups in total. The smallest absolute Gasteiger partial charge is 0.275 e. The maximum absolute atomic E-state index is 12.9. The third-order valence-corrected chi connectivity index (χ3v) is 4.55. The van der Waals surface area contributed by atoms with Crippen molar-refractivity contribution in [1.29, 1.82) is 0 Å². The van der Waals surface area contributed by atoms with Crippen LogP contribution in [-0.4, -0.2) is 32.5 Å². The Hall–Kier alpha value is -2.17. The molecule has 1 saturated heterocycles. The second kappa shape index (κ2) is 4.98. The van der Waals surface area contributed by atoms with Crippen molar-refractivity contribution in [2.24, 2.45) is 0 Å². The monoisotopic (exact) mass is 282 g/mol. The van der Waals surface area contributed by atoms with Gasteiger partial charge >= 0.3 is 0 Å². The maximum atomic E-state index is 12.9. The van der Waals surface area contributed by atoms with Crippen molar-refractivity contribution in [1.82, 2.24) is 20.1 Å². The number of pyridine rings is 1. The summed E-state index contributed by atoms with van der Waals surface area (Å²) in [5.74, 6) is 0.0579. The number of H-pyrrole nitrogens is 1. The van der Waals surface area contributed by atoms with E-state index in [1.54, 1.807) is 6.20 Å². The van der Waals surface area contributed by atoms with Crippen LogP contribution < -0.4 is 0 Å². The van der Waals surface area contributed by atoms with Crippen LogP contribution in [0, 0.1) is 0 Å². The van der Waals surface area contributed by atoms with Crippen LogP contribution in [-0.2, 0) is 12.8 Å². The molecule has 2 aromatic rings. The van der Waals surface area contributed by atoms with Crippen molar-refractivity contribution in [2.75, 3.05) is 6.54 Å². The molecule has 1 aliphatic heterocycles. The van der Waals surface area contributed by atoms with Gasteiger partial charge in [0.15, 0.2) is 5.69 Å². The molecule has 1 aliphatic carbocycles. The standard InChI is InChI=1S/C16H18N4O/c21-16(15-11-5-3-7-12(11)18-19-15)20-10-4-8-14(20)13-6-1-2-9-17-13/h1-2,6,9,14H,3-5,7-8,10H2,(H,18,19)/t14-/m0/s1. The zero-order chi connectivity index (χ0) is 14.2. The lowest BCUT2D eigenvalue weighted by atomic mass is 10.1. The van der Waals surface area contributed by atoms with Gasteiger partial charge in [-0.3, -0.25) is 14.9 Å². The Morgan fingerprint density at radius 2 is 2.24 bits per heavy atom. The van der Waals surface area contributed by atoms with E-state index in [-0.39, 0.29) is 11.9 Å². The summed E-state index contributed by atoms with van der Waals surface area (Å²) in [5.41, 5.74) is 3.89. The number of carbonyl (C=O) groups is 1. The van der Waals surface area contributed by atoms with Crippen LogP contribution in [0.1, 0.15) is 52.7 Å². The second-order valence-corrected chi connectivity index (χ2v) is 5.79. The SMILES string of the molecule is O=C(c1n[nH]c2c1CCC2)N1CCC[C@H]1c1ccccn1. The van der Waals surface area contributed by atoms with Crippen molar-refractivity contribution in [3.63, 3.8) is 0 Å². The molecule has 0 bridgehead atoms. The Labute approximate surface area is 123 Å². The van der Waals surface area contributed by atoms with Crippen LogP contribution in [0.25, 0.3) is 0 Å². The Bertz CT molecular complexity index is 664. The van der Waals surface area contributed by atoms with Gasteiger partial charge in [-0.2, -0.15) is 5.10 Å². The summed E-state index contributed by atoms with van der Waals surface area (Å²) in [4.78, 5) is 19.2. The van der Waals surface area contributed by atoms with Gasteiger partial charge < -0.3 is 4.90 Å². The summed E-state index contributed by atoms with van der Waals surface area (Å²) in [6.45, 7) is 0.793. The highest BCUT2D eigenvalue weighted by atomic mass is 16.2. The summed E-state index contributed by atoms with van der Waals surface area (Å²) in [6, 6.07) is 5.99. The van der Waals surface area contributed by atoms with Crippen molar-refractivity contribution in [2.45, 2.75) is 38.1 Å². The molecule has 2 aromatic heterocycles. The van der Waals surface area contributed by atoms with E-state index in [2.05, 4.69) is 15.2 Å². The van der Waals surface area contributed by atoms with Gasteiger partial charge in [-0.05, 0) is 44.2 Å². The number of hydrogen-bond donors (Lipinski definition) is 1. The van der Waals surface area contributed by atoms with Crippen molar-refractivity contribution >= 4 is 5.91 Å². The topological polar surface area (TPSA) is 61.9 Å². The second-order valence-electron chi connectivity index (χ2n) is 5.79. The van der Waals surface area contributed by atoms with Crippen LogP contribution in [0.5, 0.6) is 0 Å². The normalized spacial score (nSPS) is 20.8. The largest absolute Gasteiger partial charge is 0.329 e. The van der Waals surface area contributed by atoms with Gasteiger partial charge in [0.25, 0.3) is 5.91 Å². The lowest BCUT2D eigenvalue weighted by Crippen LogP contribution is -2.31. The maximum Gasteiger partial charge on any atom is 0.275 e. The Morgan fingerprint density at radius 3 is 3.10 bits per heavy atom. The molecule has 5 heteroatoms. The fourth-order valence-electron chi connectivity index (χ4n) is 3.52. The van der Waals surface area contributed by atoms with Gasteiger partial charge in [-0.25, -0.2) is 0 Å². The van der Waals surface area contributed by atoms with E-state index >= 15 is 0 Å². The molecule has 4 rings (SSSR count). The number of hydrogen-bond acceptors (Lipinski definition) is 3. The van der Waals surface area contributed by atoms with E-state index in [4.69, 9.17) is 0 Å². The van der Waals surface area contributed by atoms with E-state index in [1.165, 1.54) is 0 Å². The minimum atomic E-state index is 0.0579. The van der Waals surface area contributed by atoms with Crippen LogP contribution in [0.3, 0.4) is 0 Å². The van der Waals surface area contributed by atoms with Crippen LogP contribution in [0.15, 0.2) is 24.4 Å². The number of likely N-dealkylation sites (tertiary alicyclic amines) is 1. The molecule has 3 heterocycles. The van der Waals surface area contributed by atoms with E-state index < -0.39 is 0 Å². The lowest BCUT2D eigenvalue weighted by molar-refractivity contribution is 0.0726. The molecule has 1 atom stereocenters. The first-order chi connectivity index (χ1) is 10.3. The molecule has 0 aromatic carbocycles. The highest BCUT2D eigenvalue weighted by molar-refractivity contribution is 5.94. The molecule has 21 heavy (non-hydrogen) atoms. The van der Waals surface area contributed by atoms with E-state index in [0.717, 1.165) is 55.6 Å². The number of aryl methyl sites for hydroxylation is 1. The molecule has 0 radical (unpaired) electrons. The fourth-order valence-corrected chi connectivity index (χ4v) is 3.52. The molecule has 2 aliphatic rings. The number of aromatic amines is 1. The lowest BCUT2D eigenvalue weighted by Gasteiger charge is -2.23. The van der Waals surface area contributed by atoms with Gasteiger partial charge in [0.2, 0.25) is 0 Å². The minimum absolute atomic E-state index is 0.0579. The van der Waals surface area contributed by atoms with Crippen LogP contribution in [0.4, 0.5) is 0 Å². The number of nitrogens with one attached hydrogen (secondary N) is 1.